The number of benzene rings is 2. The first-order valence-electron chi connectivity index (χ1n) is 6.34. The van der Waals surface area contributed by atoms with E-state index in [1.54, 1.807) is 18.2 Å². The Bertz CT molecular complexity index is 565. The summed E-state index contributed by atoms with van der Waals surface area (Å²) >= 11 is 0. The molecule has 2 aromatic rings. The summed E-state index contributed by atoms with van der Waals surface area (Å²) in [6.07, 6.45) is 0. The van der Waals surface area contributed by atoms with Crippen LogP contribution in [0.2, 0.25) is 0 Å². The zero-order valence-corrected chi connectivity index (χ0v) is 11.5. The summed E-state index contributed by atoms with van der Waals surface area (Å²) in [5.41, 5.74) is 1.74. The van der Waals surface area contributed by atoms with E-state index in [1.807, 2.05) is 36.4 Å². The van der Waals surface area contributed by atoms with E-state index in [2.05, 4.69) is 20.8 Å². The average molecular weight is 254 g/mol. The number of hydrogen-bond acceptors (Lipinski definition) is 2. The molecule has 2 nitrogen and oxygen atoms in total. The molecule has 0 fully saturated rings. The minimum Gasteiger partial charge on any atom is -0.423 e. The van der Waals surface area contributed by atoms with Crippen molar-refractivity contribution in [2.75, 3.05) is 0 Å². The monoisotopic (exact) mass is 254 g/mol. The Morgan fingerprint density at radius 3 is 2.26 bits per heavy atom. The summed E-state index contributed by atoms with van der Waals surface area (Å²) in [5, 5.41) is 0. The zero-order valence-electron chi connectivity index (χ0n) is 11.5. The van der Waals surface area contributed by atoms with Crippen molar-refractivity contribution < 1.29 is 9.53 Å². The lowest BCUT2D eigenvalue weighted by Crippen LogP contribution is -2.12. The van der Waals surface area contributed by atoms with Gasteiger partial charge in [-0.25, -0.2) is 4.79 Å². The number of hydrogen-bond donors (Lipinski definition) is 0. The summed E-state index contributed by atoms with van der Waals surface area (Å²) in [7, 11) is 0. The fourth-order valence-electron chi connectivity index (χ4n) is 1.77. The smallest absolute Gasteiger partial charge is 0.343 e. The Morgan fingerprint density at radius 1 is 0.947 bits per heavy atom. The van der Waals surface area contributed by atoms with Crippen LogP contribution in [0.1, 0.15) is 36.7 Å². The molecule has 0 aliphatic carbocycles. The van der Waals surface area contributed by atoms with Gasteiger partial charge in [0.25, 0.3) is 0 Å². The quantitative estimate of drug-likeness (QED) is 0.593. The van der Waals surface area contributed by atoms with E-state index in [0.29, 0.717) is 11.3 Å². The van der Waals surface area contributed by atoms with Crippen LogP contribution in [-0.2, 0) is 5.41 Å². The molecule has 98 valence electrons. The lowest BCUT2D eigenvalue weighted by Gasteiger charge is -2.19. The minimum absolute atomic E-state index is 0.0369. The molecule has 2 heteroatoms. The predicted molar refractivity (Wildman–Crippen MR) is 76.5 cm³/mol. The fraction of sp³-hybridized carbons (Fsp3) is 0.235. The predicted octanol–water partition coefficient (Wildman–Crippen LogP) is 4.20. The molecule has 0 atom stereocenters. The first-order chi connectivity index (χ1) is 8.97. The van der Waals surface area contributed by atoms with Gasteiger partial charge >= 0.3 is 5.97 Å². The molecule has 2 aromatic carbocycles. The zero-order chi connectivity index (χ0) is 13.9. The highest BCUT2D eigenvalue weighted by Gasteiger charge is 2.15. The van der Waals surface area contributed by atoms with Crippen LogP contribution in [0.4, 0.5) is 0 Å². The van der Waals surface area contributed by atoms with Crippen LogP contribution in [0, 0.1) is 0 Å². The molecular weight excluding hydrogens is 236 g/mol. The molecule has 0 aliphatic heterocycles. The van der Waals surface area contributed by atoms with Crippen molar-refractivity contribution in [3.63, 3.8) is 0 Å². The lowest BCUT2D eigenvalue weighted by atomic mass is 9.87. The molecule has 0 aliphatic rings. The molecule has 0 saturated heterocycles. The number of carbonyl (C=O) groups excluding carboxylic acids is 1. The molecule has 0 amide bonds. The molecule has 0 spiro atoms. The van der Waals surface area contributed by atoms with Gasteiger partial charge in [0.2, 0.25) is 0 Å². The molecule has 0 unspecified atom stereocenters. The number of esters is 1. The second-order valence-corrected chi connectivity index (χ2v) is 5.53. The summed E-state index contributed by atoms with van der Waals surface area (Å²) < 4.78 is 5.40. The van der Waals surface area contributed by atoms with Crippen molar-refractivity contribution in [1.29, 1.82) is 0 Å². The van der Waals surface area contributed by atoms with E-state index in [9.17, 15) is 4.79 Å². The van der Waals surface area contributed by atoms with Crippen molar-refractivity contribution in [1.82, 2.24) is 0 Å². The van der Waals surface area contributed by atoms with Gasteiger partial charge in [-0.2, -0.15) is 0 Å². The Balaban J connectivity index is 2.18. The van der Waals surface area contributed by atoms with Crippen molar-refractivity contribution in [2.45, 2.75) is 26.2 Å². The normalized spacial score (nSPS) is 11.1. The minimum atomic E-state index is -0.327. The lowest BCUT2D eigenvalue weighted by molar-refractivity contribution is 0.0734. The van der Waals surface area contributed by atoms with E-state index in [1.165, 1.54) is 0 Å². The first kappa shape index (κ1) is 13.3. The molecule has 0 radical (unpaired) electrons. The van der Waals surface area contributed by atoms with Gasteiger partial charge in [0.1, 0.15) is 5.75 Å². The van der Waals surface area contributed by atoms with Crippen LogP contribution in [0.25, 0.3) is 0 Å². The fourth-order valence-corrected chi connectivity index (χ4v) is 1.77. The Kier molecular flexibility index (Phi) is 3.70. The molecule has 0 N–H and O–H groups in total. The Morgan fingerprint density at radius 2 is 1.63 bits per heavy atom. The first-order valence-corrected chi connectivity index (χ1v) is 6.34. The van der Waals surface area contributed by atoms with Crippen LogP contribution >= 0.6 is 0 Å². The maximum absolute atomic E-state index is 12.0. The van der Waals surface area contributed by atoms with E-state index in [0.717, 1.165) is 5.56 Å². The number of carbonyl (C=O) groups is 1. The van der Waals surface area contributed by atoms with Crippen LogP contribution in [0.3, 0.4) is 0 Å². The van der Waals surface area contributed by atoms with Gasteiger partial charge in [-0.1, -0.05) is 51.1 Å². The molecule has 2 rings (SSSR count). The maximum atomic E-state index is 12.0. The van der Waals surface area contributed by atoms with Crippen LogP contribution in [0.15, 0.2) is 54.6 Å². The van der Waals surface area contributed by atoms with Crippen LogP contribution < -0.4 is 4.74 Å². The van der Waals surface area contributed by atoms with Gasteiger partial charge in [0.05, 0.1) is 5.56 Å². The second kappa shape index (κ2) is 5.27. The topological polar surface area (TPSA) is 26.3 Å². The highest BCUT2D eigenvalue weighted by Crippen LogP contribution is 2.25. The molecule has 0 heterocycles. The number of ether oxygens (including phenoxy) is 1. The molecule has 0 bridgehead atoms. The summed E-state index contributed by atoms with van der Waals surface area (Å²) in [6, 6.07) is 16.7. The van der Waals surface area contributed by atoms with Gasteiger partial charge in [0, 0.05) is 0 Å². The standard InChI is InChI=1S/C17H18O2/c1-17(2,3)14-10-7-11-15(12-14)19-16(18)13-8-5-4-6-9-13/h4-12H,1-3H3. The van der Waals surface area contributed by atoms with Gasteiger partial charge in [-0.3, -0.25) is 0 Å². The van der Waals surface area contributed by atoms with Crippen molar-refractivity contribution in [3.05, 3.63) is 65.7 Å². The molecule has 19 heavy (non-hydrogen) atoms. The number of rotatable bonds is 2. The highest BCUT2D eigenvalue weighted by molar-refractivity contribution is 5.90. The second-order valence-electron chi connectivity index (χ2n) is 5.53. The van der Waals surface area contributed by atoms with Gasteiger partial charge in [-0.15, -0.1) is 0 Å². The Hall–Kier alpha value is -2.09. The largest absolute Gasteiger partial charge is 0.423 e. The van der Waals surface area contributed by atoms with E-state index in [4.69, 9.17) is 4.74 Å². The SMILES string of the molecule is CC(C)(C)c1cccc(OC(=O)c2ccccc2)c1. The summed E-state index contributed by atoms with van der Waals surface area (Å²) in [6.45, 7) is 6.39. The van der Waals surface area contributed by atoms with E-state index >= 15 is 0 Å². The van der Waals surface area contributed by atoms with Crippen molar-refractivity contribution in [3.8, 4) is 5.75 Å². The molecular formula is C17H18O2. The van der Waals surface area contributed by atoms with Crippen molar-refractivity contribution >= 4 is 5.97 Å². The third kappa shape index (κ3) is 3.44. The molecule has 0 saturated carbocycles. The van der Waals surface area contributed by atoms with Crippen LogP contribution in [0.5, 0.6) is 5.75 Å². The average Bonchev–Trinajstić information content (AvgIpc) is 2.39. The summed E-state index contributed by atoms with van der Waals surface area (Å²) in [5.74, 6) is 0.257. The Labute approximate surface area is 114 Å². The van der Waals surface area contributed by atoms with Gasteiger partial charge in [-0.05, 0) is 35.2 Å². The third-order valence-corrected chi connectivity index (χ3v) is 2.92. The maximum Gasteiger partial charge on any atom is 0.343 e. The summed E-state index contributed by atoms with van der Waals surface area (Å²) in [4.78, 5) is 12.0. The van der Waals surface area contributed by atoms with Gasteiger partial charge in [0.15, 0.2) is 0 Å². The van der Waals surface area contributed by atoms with Crippen molar-refractivity contribution in [2.24, 2.45) is 0 Å². The van der Waals surface area contributed by atoms with Crippen LogP contribution in [-0.4, -0.2) is 5.97 Å². The third-order valence-electron chi connectivity index (χ3n) is 2.92. The highest BCUT2D eigenvalue weighted by atomic mass is 16.5. The van der Waals surface area contributed by atoms with Gasteiger partial charge < -0.3 is 4.74 Å². The van der Waals surface area contributed by atoms with E-state index < -0.39 is 0 Å². The molecule has 0 aromatic heterocycles. The van der Waals surface area contributed by atoms with E-state index in [-0.39, 0.29) is 11.4 Å².